The number of fused-ring (bicyclic) bond motifs is 1. The monoisotopic (exact) mass is 262 g/mol. The van der Waals surface area contributed by atoms with Crippen LogP contribution in [0.25, 0.3) is 0 Å². The van der Waals surface area contributed by atoms with E-state index in [4.69, 9.17) is 4.74 Å². The molecule has 1 amide bonds. The highest BCUT2D eigenvalue weighted by atomic mass is 16.5. The van der Waals surface area contributed by atoms with E-state index in [1.165, 1.54) is 5.56 Å². The minimum absolute atomic E-state index is 0.0114. The lowest BCUT2D eigenvalue weighted by atomic mass is 9.94. The maximum atomic E-state index is 12.3. The fourth-order valence-electron chi connectivity index (χ4n) is 2.21. The van der Waals surface area contributed by atoms with E-state index in [2.05, 4.69) is 16.7 Å². The summed E-state index contributed by atoms with van der Waals surface area (Å²) in [5.41, 5.74) is 2.00. The third kappa shape index (κ3) is 3.33. The molecule has 2 rings (SSSR count). The SMILES string of the molecule is COC(C)(C)CNC(=O)C1NCCc2ccccc21. The average molecular weight is 262 g/mol. The van der Waals surface area contributed by atoms with E-state index in [0.29, 0.717) is 6.54 Å². The van der Waals surface area contributed by atoms with Crippen molar-refractivity contribution in [1.82, 2.24) is 10.6 Å². The molecule has 2 N–H and O–H groups in total. The maximum absolute atomic E-state index is 12.3. The molecular weight excluding hydrogens is 240 g/mol. The molecule has 19 heavy (non-hydrogen) atoms. The number of methoxy groups -OCH3 is 1. The Hall–Kier alpha value is -1.39. The zero-order valence-corrected chi connectivity index (χ0v) is 11.8. The highest BCUT2D eigenvalue weighted by molar-refractivity contribution is 5.84. The van der Waals surface area contributed by atoms with Crippen LogP contribution in [0.3, 0.4) is 0 Å². The second kappa shape index (κ2) is 5.72. The van der Waals surface area contributed by atoms with Gasteiger partial charge >= 0.3 is 0 Å². The molecule has 1 aliphatic heterocycles. The average Bonchev–Trinajstić information content (AvgIpc) is 2.44. The van der Waals surface area contributed by atoms with Gasteiger partial charge in [-0.05, 0) is 31.4 Å². The van der Waals surface area contributed by atoms with Gasteiger partial charge in [0, 0.05) is 20.2 Å². The van der Waals surface area contributed by atoms with Crippen LogP contribution in [0.5, 0.6) is 0 Å². The van der Waals surface area contributed by atoms with Crippen molar-refractivity contribution < 1.29 is 9.53 Å². The zero-order chi connectivity index (χ0) is 13.9. The smallest absolute Gasteiger partial charge is 0.241 e. The van der Waals surface area contributed by atoms with Crippen LogP contribution in [0, 0.1) is 0 Å². The van der Waals surface area contributed by atoms with Gasteiger partial charge in [0.1, 0.15) is 6.04 Å². The van der Waals surface area contributed by atoms with Crippen LogP contribution in [-0.4, -0.2) is 31.7 Å². The van der Waals surface area contributed by atoms with Gasteiger partial charge in [-0.25, -0.2) is 0 Å². The van der Waals surface area contributed by atoms with E-state index >= 15 is 0 Å². The van der Waals surface area contributed by atoms with Crippen LogP contribution in [0.4, 0.5) is 0 Å². The molecule has 1 aromatic carbocycles. The third-order valence-electron chi connectivity index (χ3n) is 3.61. The molecule has 1 aromatic rings. The normalized spacial score (nSPS) is 18.8. The Balaban J connectivity index is 2.05. The molecule has 104 valence electrons. The number of ether oxygens (including phenoxy) is 1. The minimum Gasteiger partial charge on any atom is -0.377 e. The molecule has 0 saturated heterocycles. The Bertz CT molecular complexity index is 457. The molecule has 4 nitrogen and oxygen atoms in total. The number of hydrogen-bond acceptors (Lipinski definition) is 3. The van der Waals surface area contributed by atoms with Crippen LogP contribution in [-0.2, 0) is 16.0 Å². The molecule has 1 aliphatic rings. The second-order valence-corrected chi connectivity index (χ2v) is 5.52. The first-order valence-electron chi connectivity index (χ1n) is 6.67. The quantitative estimate of drug-likeness (QED) is 0.862. The molecule has 1 heterocycles. The largest absolute Gasteiger partial charge is 0.377 e. The number of benzene rings is 1. The van der Waals surface area contributed by atoms with Crippen molar-refractivity contribution in [2.24, 2.45) is 0 Å². The number of carbonyl (C=O) groups is 1. The topological polar surface area (TPSA) is 50.4 Å². The van der Waals surface area contributed by atoms with Gasteiger partial charge in [0.05, 0.1) is 5.60 Å². The number of amides is 1. The van der Waals surface area contributed by atoms with E-state index < -0.39 is 0 Å². The molecule has 0 aromatic heterocycles. The molecule has 0 fully saturated rings. The summed E-state index contributed by atoms with van der Waals surface area (Å²) in [6.45, 7) is 5.25. The summed E-state index contributed by atoms with van der Waals surface area (Å²) in [5, 5.41) is 6.23. The summed E-state index contributed by atoms with van der Waals surface area (Å²) in [6.07, 6.45) is 0.976. The summed E-state index contributed by atoms with van der Waals surface area (Å²) in [4.78, 5) is 12.3. The number of carbonyl (C=O) groups excluding carboxylic acids is 1. The first-order chi connectivity index (χ1) is 9.03. The van der Waals surface area contributed by atoms with E-state index in [1.807, 2.05) is 32.0 Å². The standard InChI is InChI=1S/C15H22N2O2/c1-15(2,19-3)10-17-14(18)13-12-7-5-4-6-11(12)8-9-16-13/h4-7,13,16H,8-10H2,1-3H3,(H,17,18). The fourth-order valence-corrected chi connectivity index (χ4v) is 2.21. The molecule has 0 spiro atoms. The van der Waals surface area contributed by atoms with E-state index in [-0.39, 0.29) is 17.6 Å². The molecule has 0 radical (unpaired) electrons. The van der Waals surface area contributed by atoms with Crippen LogP contribution < -0.4 is 10.6 Å². The van der Waals surface area contributed by atoms with Crippen molar-refractivity contribution in [3.05, 3.63) is 35.4 Å². The van der Waals surface area contributed by atoms with Gasteiger partial charge in [-0.1, -0.05) is 24.3 Å². The van der Waals surface area contributed by atoms with Gasteiger partial charge in [-0.15, -0.1) is 0 Å². The van der Waals surface area contributed by atoms with Crippen molar-refractivity contribution in [1.29, 1.82) is 0 Å². The predicted octanol–water partition coefficient (Wildman–Crippen LogP) is 1.41. The first kappa shape index (κ1) is 14.0. The zero-order valence-electron chi connectivity index (χ0n) is 11.8. The predicted molar refractivity (Wildman–Crippen MR) is 75.0 cm³/mol. The Morgan fingerprint density at radius 3 is 2.95 bits per heavy atom. The van der Waals surface area contributed by atoms with Crippen molar-refractivity contribution in [3.63, 3.8) is 0 Å². The van der Waals surface area contributed by atoms with Gasteiger partial charge in [0.2, 0.25) is 5.91 Å². The number of hydrogen-bond donors (Lipinski definition) is 2. The molecule has 0 saturated carbocycles. The molecule has 1 atom stereocenters. The van der Waals surface area contributed by atoms with Crippen LogP contribution in [0.2, 0.25) is 0 Å². The number of rotatable bonds is 4. The first-order valence-corrected chi connectivity index (χ1v) is 6.67. The summed E-state index contributed by atoms with van der Waals surface area (Å²) in [5.74, 6) is 0.0114. The van der Waals surface area contributed by atoms with Gasteiger partial charge in [-0.3, -0.25) is 4.79 Å². The highest BCUT2D eigenvalue weighted by Crippen LogP contribution is 2.22. The molecular formula is C15H22N2O2. The van der Waals surface area contributed by atoms with Gasteiger partial charge in [0.25, 0.3) is 0 Å². The van der Waals surface area contributed by atoms with E-state index in [1.54, 1.807) is 7.11 Å². The summed E-state index contributed by atoms with van der Waals surface area (Å²) in [7, 11) is 1.65. The highest BCUT2D eigenvalue weighted by Gasteiger charge is 2.27. The van der Waals surface area contributed by atoms with Crippen LogP contribution in [0.1, 0.15) is 31.0 Å². The maximum Gasteiger partial charge on any atom is 0.241 e. The van der Waals surface area contributed by atoms with Gasteiger partial charge in [0.15, 0.2) is 0 Å². The fraction of sp³-hybridized carbons (Fsp3) is 0.533. The van der Waals surface area contributed by atoms with Crippen molar-refractivity contribution >= 4 is 5.91 Å². The van der Waals surface area contributed by atoms with Crippen LogP contribution >= 0.6 is 0 Å². The number of nitrogens with one attached hydrogen (secondary N) is 2. The molecule has 1 unspecified atom stereocenters. The van der Waals surface area contributed by atoms with Crippen molar-refractivity contribution in [2.75, 3.05) is 20.2 Å². The Labute approximate surface area is 114 Å². The van der Waals surface area contributed by atoms with Crippen molar-refractivity contribution in [3.8, 4) is 0 Å². The Kier molecular flexibility index (Phi) is 4.22. The molecule has 0 aliphatic carbocycles. The summed E-state index contributed by atoms with van der Waals surface area (Å²) >= 11 is 0. The lowest BCUT2D eigenvalue weighted by molar-refractivity contribution is -0.124. The second-order valence-electron chi connectivity index (χ2n) is 5.52. The Morgan fingerprint density at radius 1 is 1.47 bits per heavy atom. The van der Waals surface area contributed by atoms with Gasteiger partial charge < -0.3 is 15.4 Å². The minimum atomic E-state index is -0.343. The van der Waals surface area contributed by atoms with E-state index in [9.17, 15) is 4.79 Å². The molecule has 4 heteroatoms. The molecule has 0 bridgehead atoms. The lowest BCUT2D eigenvalue weighted by Gasteiger charge is -2.28. The van der Waals surface area contributed by atoms with Crippen LogP contribution in [0.15, 0.2) is 24.3 Å². The van der Waals surface area contributed by atoms with E-state index in [0.717, 1.165) is 18.5 Å². The van der Waals surface area contributed by atoms with Gasteiger partial charge in [-0.2, -0.15) is 0 Å². The Morgan fingerprint density at radius 2 is 2.21 bits per heavy atom. The van der Waals surface area contributed by atoms with Crippen molar-refractivity contribution in [2.45, 2.75) is 31.9 Å². The lowest BCUT2D eigenvalue weighted by Crippen LogP contribution is -2.46. The summed E-state index contributed by atoms with van der Waals surface area (Å²) < 4.78 is 5.31. The summed E-state index contributed by atoms with van der Waals surface area (Å²) in [6, 6.07) is 7.86. The third-order valence-corrected chi connectivity index (χ3v) is 3.61.